The number of amides is 2. The van der Waals surface area contributed by atoms with E-state index in [0.717, 1.165) is 23.5 Å². The second-order valence-electron chi connectivity index (χ2n) is 3.89. The second-order valence-corrected chi connectivity index (χ2v) is 4.89. The summed E-state index contributed by atoms with van der Waals surface area (Å²) in [4.78, 5) is 16.5. The largest absolute Gasteiger partial charge is 0.326 e. The maximum absolute atomic E-state index is 11.8. The topological polar surface area (TPSA) is 49.6 Å². The number of carbonyl (C=O) groups is 1. The van der Waals surface area contributed by atoms with Gasteiger partial charge in [-0.15, -0.1) is 11.3 Å². The molecule has 2 heterocycles. The van der Waals surface area contributed by atoms with Gasteiger partial charge in [0, 0.05) is 30.6 Å². The fraction of sp³-hybridized carbons (Fsp3) is 0.417. The molecule has 0 bridgehead atoms. The molecule has 5 heteroatoms. The smallest absolute Gasteiger partial charge is 0.320 e. The predicted molar refractivity (Wildman–Crippen MR) is 68.7 cm³/mol. The lowest BCUT2D eigenvalue weighted by molar-refractivity contribution is 0.197. The Bertz CT molecular complexity index is 472. The molecule has 1 saturated heterocycles. The standard InChI is InChI=1S/C12H15N3OS/c1-14-6-7-15(12(14)16)9-11-10(3-2-5-13)4-8-17-11/h4,8H,5-7,9,13H2,1H3. The number of likely N-dealkylation sites (N-methyl/N-ethyl adjacent to an activating group) is 1. The molecule has 0 saturated carbocycles. The molecule has 0 spiro atoms. The quantitative estimate of drug-likeness (QED) is 0.793. The van der Waals surface area contributed by atoms with Crippen molar-refractivity contribution >= 4 is 17.4 Å². The van der Waals surface area contributed by atoms with E-state index in [2.05, 4.69) is 11.8 Å². The van der Waals surface area contributed by atoms with E-state index in [1.165, 1.54) is 0 Å². The van der Waals surface area contributed by atoms with Crippen LogP contribution in [0.3, 0.4) is 0 Å². The molecule has 2 amide bonds. The van der Waals surface area contributed by atoms with Crippen molar-refractivity contribution in [2.24, 2.45) is 5.73 Å². The summed E-state index contributed by atoms with van der Waals surface area (Å²) in [6.07, 6.45) is 0. The van der Waals surface area contributed by atoms with Crippen molar-refractivity contribution in [1.29, 1.82) is 0 Å². The Hall–Kier alpha value is -1.51. The first-order valence-corrected chi connectivity index (χ1v) is 6.35. The third-order valence-electron chi connectivity index (χ3n) is 2.71. The van der Waals surface area contributed by atoms with Gasteiger partial charge in [0.25, 0.3) is 0 Å². The van der Waals surface area contributed by atoms with Gasteiger partial charge in [-0.1, -0.05) is 11.8 Å². The molecule has 0 aliphatic carbocycles. The molecule has 1 aliphatic heterocycles. The fourth-order valence-corrected chi connectivity index (χ4v) is 2.59. The van der Waals surface area contributed by atoms with Gasteiger partial charge in [0.1, 0.15) is 0 Å². The van der Waals surface area contributed by atoms with Gasteiger partial charge in [0.05, 0.1) is 13.1 Å². The Balaban J connectivity index is 2.09. The van der Waals surface area contributed by atoms with E-state index in [0.29, 0.717) is 13.1 Å². The van der Waals surface area contributed by atoms with E-state index in [1.807, 2.05) is 23.4 Å². The van der Waals surface area contributed by atoms with Crippen LogP contribution in [0.2, 0.25) is 0 Å². The summed E-state index contributed by atoms with van der Waals surface area (Å²) < 4.78 is 0. The third kappa shape index (κ3) is 2.60. The zero-order valence-electron chi connectivity index (χ0n) is 9.77. The van der Waals surface area contributed by atoms with Crippen molar-refractivity contribution in [1.82, 2.24) is 9.80 Å². The van der Waals surface area contributed by atoms with E-state index in [9.17, 15) is 4.79 Å². The number of hydrogen-bond donors (Lipinski definition) is 1. The first-order chi connectivity index (χ1) is 8.22. The minimum Gasteiger partial charge on any atom is -0.326 e. The highest BCUT2D eigenvalue weighted by Crippen LogP contribution is 2.20. The van der Waals surface area contributed by atoms with Crippen molar-refractivity contribution in [2.45, 2.75) is 6.54 Å². The maximum atomic E-state index is 11.8. The minimum absolute atomic E-state index is 0.0936. The monoisotopic (exact) mass is 249 g/mol. The third-order valence-corrected chi connectivity index (χ3v) is 3.61. The number of rotatable bonds is 2. The van der Waals surface area contributed by atoms with Crippen LogP contribution in [-0.4, -0.2) is 42.5 Å². The average molecular weight is 249 g/mol. The van der Waals surface area contributed by atoms with E-state index in [1.54, 1.807) is 16.2 Å². The van der Waals surface area contributed by atoms with Gasteiger partial charge in [-0.2, -0.15) is 0 Å². The fourth-order valence-electron chi connectivity index (χ4n) is 1.74. The van der Waals surface area contributed by atoms with Crippen molar-refractivity contribution in [2.75, 3.05) is 26.7 Å². The summed E-state index contributed by atoms with van der Waals surface area (Å²) in [6.45, 7) is 2.60. The van der Waals surface area contributed by atoms with Crippen molar-refractivity contribution in [3.8, 4) is 11.8 Å². The van der Waals surface area contributed by atoms with Gasteiger partial charge in [0.2, 0.25) is 0 Å². The Morgan fingerprint density at radius 2 is 2.35 bits per heavy atom. The minimum atomic E-state index is 0.0936. The molecule has 17 heavy (non-hydrogen) atoms. The highest BCUT2D eigenvalue weighted by atomic mass is 32.1. The van der Waals surface area contributed by atoms with E-state index < -0.39 is 0 Å². The lowest BCUT2D eigenvalue weighted by Gasteiger charge is -2.15. The van der Waals surface area contributed by atoms with Crippen LogP contribution in [0.1, 0.15) is 10.4 Å². The summed E-state index contributed by atoms with van der Waals surface area (Å²) in [5.74, 6) is 5.88. The van der Waals surface area contributed by atoms with Gasteiger partial charge in [-0.05, 0) is 11.4 Å². The number of nitrogens with two attached hydrogens (primary N) is 1. The van der Waals surface area contributed by atoms with Crippen LogP contribution in [0.5, 0.6) is 0 Å². The molecule has 0 unspecified atom stereocenters. The molecule has 1 fully saturated rings. The summed E-state index contributed by atoms with van der Waals surface area (Å²) in [6, 6.07) is 2.07. The Labute approximate surface area is 105 Å². The van der Waals surface area contributed by atoms with Crippen LogP contribution in [-0.2, 0) is 6.54 Å². The summed E-state index contributed by atoms with van der Waals surface area (Å²) in [5.41, 5.74) is 6.35. The second kappa shape index (κ2) is 5.21. The predicted octanol–water partition coefficient (Wildman–Crippen LogP) is 0.926. The van der Waals surface area contributed by atoms with Crippen molar-refractivity contribution in [3.63, 3.8) is 0 Å². The Morgan fingerprint density at radius 3 is 3.00 bits per heavy atom. The molecular formula is C12H15N3OS. The van der Waals surface area contributed by atoms with E-state index in [4.69, 9.17) is 5.73 Å². The molecule has 0 aromatic carbocycles. The SMILES string of the molecule is CN1CCN(Cc2sccc2C#CCN)C1=O. The molecule has 1 aliphatic rings. The summed E-state index contributed by atoms with van der Waals surface area (Å²) in [7, 11) is 1.83. The lowest BCUT2D eigenvalue weighted by Crippen LogP contribution is -2.28. The van der Waals surface area contributed by atoms with Crippen LogP contribution in [0.15, 0.2) is 11.4 Å². The molecule has 1 aromatic heterocycles. The molecule has 0 radical (unpaired) electrons. The van der Waals surface area contributed by atoms with Gasteiger partial charge < -0.3 is 15.5 Å². The summed E-state index contributed by atoms with van der Waals surface area (Å²) >= 11 is 1.63. The van der Waals surface area contributed by atoms with E-state index >= 15 is 0 Å². The average Bonchev–Trinajstić information content (AvgIpc) is 2.89. The number of hydrogen-bond acceptors (Lipinski definition) is 3. The zero-order chi connectivity index (χ0) is 12.3. The first-order valence-electron chi connectivity index (χ1n) is 5.47. The number of thiophene rings is 1. The van der Waals surface area contributed by atoms with Gasteiger partial charge in [-0.25, -0.2) is 4.79 Å². The lowest BCUT2D eigenvalue weighted by atomic mass is 10.2. The maximum Gasteiger partial charge on any atom is 0.320 e. The van der Waals surface area contributed by atoms with Crippen LogP contribution >= 0.6 is 11.3 Å². The highest BCUT2D eigenvalue weighted by Gasteiger charge is 2.25. The molecule has 2 N–H and O–H groups in total. The van der Waals surface area contributed by atoms with Gasteiger partial charge in [-0.3, -0.25) is 0 Å². The highest BCUT2D eigenvalue weighted by molar-refractivity contribution is 7.10. The summed E-state index contributed by atoms with van der Waals surface area (Å²) in [5, 5.41) is 2.00. The Kier molecular flexibility index (Phi) is 3.67. The first kappa shape index (κ1) is 12.0. The molecule has 90 valence electrons. The normalized spacial score (nSPS) is 15.1. The zero-order valence-corrected chi connectivity index (χ0v) is 10.6. The van der Waals surface area contributed by atoms with E-state index in [-0.39, 0.29) is 6.03 Å². The molecule has 4 nitrogen and oxygen atoms in total. The van der Waals surface area contributed by atoms with Crippen LogP contribution in [0.25, 0.3) is 0 Å². The molecule has 2 rings (SSSR count). The van der Waals surface area contributed by atoms with Crippen molar-refractivity contribution in [3.05, 3.63) is 21.9 Å². The Morgan fingerprint density at radius 1 is 1.53 bits per heavy atom. The molecule has 0 atom stereocenters. The van der Waals surface area contributed by atoms with Gasteiger partial charge in [0.15, 0.2) is 0 Å². The molecular weight excluding hydrogens is 234 g/mol. The van der Waals surface area contributed by atoms with Crippen LogP contribution in [0.4, 0.5) is 4.79 Å². The number of carbonyl (C=O) groups excluding carboxylic acids is 1. The van der Waals surface area contributed by atoms with Crippen LogP contribution < -0.4 is 5.73 Å². The number of nitrogens with zero attached hydrogens (tertiary/aromatic N) is 2. The van der Waals surface area contributed by atoms with Gasteiger partial charge >= 0.3 is 6.03 Å². The van der Waals surface area contributed by atoms with Crippen LogP contribution in [0, 0.1) is 11.8 Å². The number of urea groups is 1. The van der Waals surface area contributed by atoms with Crippen molar-refractivity contribution < 1.29 is 4.79 Å². The molecule has 1 aromatic rings.